The molecule has 3 rings (SSSR count). The van der Waals surface area contributed by atoms with Crippen LogP contribution in [0.1, 0.15) is 16.7 Å². The van der Waals surface area contributed by atoms with Gasteiger partial charge in [-0.1, -0.05) is 42.0 Å². The number of ether oxygens (including phenoxy) is 1. The van der Waals surface area contributed by atoms with Crippen LogP contribution in [0.25, 0.3) is 6.08 Å². The average molecular weight is 291 g/mol. The molecule has 1 aliphatic heterocycles. The highest BCUT2D eigenvalue weighted by molar-refractivity contribution is 6.01. The highest BCUT2D eigenvalue weighted by Crippen LogP contribution is 2.25. The molecule has 2 aromatic carbocycles. The Morgan fingerprint density at radius 3 is 2.77 bits per heavy atom. The van der Waals surface area contributed by atoms with Gasteiger partial charge >= 0.3 is 0 Å². The van der Waals surface area contributed by atoms with Gasteiger partial charge in [0.05, 0.1) is 6.26 Å². The third kappa shape index (κ3) is 3.26. The molecule has 0 saturated carbocycles. The molecular weight excluding hydrogens is 274 g/mol. The van der Waals surface area contributed by atoms with Crippen LogP contribution in [-0.4, -0.2) is 5.91 Å². The fourth-order valence-corrected chi connectivity index (χ4v) is 2.31. The van der Waals surface area contributed by atoms with Gasteiger partial charge in [-0.3, -0.25) is 4.79 Å². The molecule has 0 atom stereocenters. The van der Waals surface area contributed by atoms with Crippen molar-refractivity contribution in [3.8, 4) is 5.75 Å². The summed E-state index contributed by atoms with van der Waals surface area (Å²) < 4.78 is 5.53. The summed E-state index contributed by atoms with van der Waals surface area (Å²) in [6, 6.07) is 15.7. The van der Waals surface area contributed by atoms with E-state index in [-0.39, 0.29) is 5.91 Å². The number of carbonyl (C=O) groups excluding carboxylic acids is 1. The van der Waals surface area contributed by atoms with Gasteiger partial charge in [-0.05, 0) is 36.8 Å². The van der Waals surface area contributed by atoms with Crippen LogP contribution in [0.5, 0.6) is 5.75 Å². The minimum Gasteiger partial charge on any atom is -0.464 e. The van der Waals surface area contributed by atoms with Crippen LogP contribution < -0.4 is 10.1 Å². The molecule has 22 heavy (non-hydrogen) atoms. The summed E-state index contributed by atoms with van der Waals surface area (Å²) in [5.74, 6) is 0.644. The summed E-state index contributed by atoms with van der Waals surface area (Å²) in [4.78, 5) is 12.3. The third-order valence-corrected chi connectivity index (χ3v) is 3.48. The number of carbonyl (C=O) groups is 1. The molecule has 0 radical (unpaired) electrons. The van der Waals surface area contributed by atoms with Crippen molar-refractivity contribution in [3.05, 3.63) is 83.1 Å². The maximum Gasteiger partial charge on any atom is 0.251 e. The van der Waals surface area contributed by atoms with E-state index in [1.807, 2.05) is 61.5 Å². The van der Waals surface area contributed by atoms with Gasteiger partial charge < -0.3 is 10.1 Å². The van der Waals surface area contributed by atoms with Gasteiger partial charge in [-0.25, -0.2) is 0 Å². The zero-order valence-electron chi connectivity index (χ0n) is 12.4. The molecule has 1 aliphatic rings. The first-order valence-corrected chi connectivity index (χ1v) is 7.20. The minimum absolute atomic E-state index is 0.113. The molecule has 0 saturated heterocycles. The predicted octanol–water partition coefficient (Wildman–Crippen LogP) is 3.60. The predicted molar refractivity (Wildman–Crippen MR) is 87.2 cm³/mol. The lowest BCUT2D eigenvalue weighted by molar-refractivity contribution is -0.117. The Labute approximate surface area is 129 Å². The molecule has 1 N–H and O–H groups in total. The standard InChI is InChI=1S/C19H17NO2/c1-14-7-8-18-17(11-14)12-16(9-10-22-18)19(21)20-13-15-5-3-2-4-6-15/h2-12H,13H2,1H3,(H,20,21). The molecule has 0 aliphatic carbocycles. The summed E-state index contributed by atoms with van der Waals surface area (Å²) in [7, 11) is 0. The zero-order chi connectivity index (χ0) is 15.4. The first-order valence-electron chi connectivity index (χ1n) is 7.20. The van der Waals surface area contributed by atoms with Crippen molar-refractivity contribution in [2.75, 3.05) is 0 Å². The topological polar surface area (TPSA) is 38.3 Å². The molecular formula is C19H17NO2. The number of fused-ring (bicyclic) bond motifs is 1. The van der Waals surface area contributed by atoms with Gasteiger partial charge in [-0.2, -0.15) is 0 Å². The van der Waals surface area contributed by atoms with Gasteiger partial charge in [0.25, 0.3) is 5.91 Å². The minimum atomic E-state index is -0.113. The summed E-state index contributed by atoms with van der Waals surface area (Å²) in [5.41, 5.74) is 3.70. The summed E-state index contributed by atoms with van der Waals surface area (Å²) >= 11 is 0. The molecule has 0 aromatic heterocycles. The number of rotatable bonds is 3. The molecule has 0 bridgehead atoms. The van der Waals surface area contributed by atoms with Crippen LogP contribution in [0.4, 0.5) is 0 Å². The Kier molecular flexibility index (Phi) is 4.05. The monoisotopic (exact) mass is 291 g/mol. The van der Waals surface area contributed by atoms with Crippen LogP contribution in [0.3, 0.4) is 0 Å². The van der Waals surface area contributed by atoms with Gasteiger partial charge in [-0.15, -0.1) is 0 Å². The lowest BCUT2D eigenvalue weighted by Crippen LogP contribution is -2.23. The maximum absolute atomic E-state index is 12.3. The molecule has 0 fully saturated rings. The van der Waals surface area contributed by atoms with Crippen molar-refractivity contribution in [2.45, 2.75) is 13.5 Å². The number of hydrogen-bond acceptors (Lipinski definition) is 2. The molecule has 0 unspecified atom stereocenters. The summed E-state index contributed by atoms with van der Waals surface area (Å²) in [6.07, 6.45) is 5.09. The van der Waals surface area contributed by atoms with E-state index in [1.165, 1.54) is 0 Å². The Morgan fingerprint density at radius 1 is 1.14 bits per heavy atom. The zero-order valence-corrected chi connectivity index (χ0v) is 12.4. The van der Waals surface area contributed by atoms with Crippen molar-refractivity contribution in [2.24, 2.45) is 0 Å². The average Bonchev–Trinajstić information content (AvgIpc) is 2.75. The molecule has 3 heteroatoms. The van der Waals surface area contributed by atoms with Gasteiger partial charge in [0, 0.05) is 17.7 Å². The molecule has 3 nitrogen and oxygen atoms in total. The van der Waals surface area contributed by atoms with E-state index >= 15 is 0 Å². The number of nitrogens with one attached hydrogen (secondary N) is 1. The number of benzene rings is 2. The largest absolute Gasteiger partial charge is 0.464 e. The van der Waals surface area contributed by atoms with E-state index in [0.717, 1.165) is 22.4 Å². The van der Waals surface area contributed by atoms with Crippen LogP contribution in [0.15, 0.2) is 66.4 Å². The molecule has 110 valence electrons. The second-order valence-electron chi connectivity index (χ2n) is 5.23. The Morgan fingerprint density at radius 2 is 1.95 bits per heavy atom. The van der Waals surface area contributed by atoms with Crippen molar-refractivity contribution in [3.63, 3.8) is 0 Å². The van der Waals surface area contributed by atoms with E-state index in [4.69, 9.17) is 4.74 Å². The number of aryl methyl sites for hydroxylation is 1. The van der Waals surface area contributed by atoms with E-state index in [2.05, 4.69) is 5.32 Å². The summed E-state index contributed by atoms with van der Waals surface area (Å²) in [6.45, 7) is 2.52. The van der Waals surface area contributed by atoms with Gasteiger partial charge in [0.1, 0.15) is 5.75 Å². The van der Waals surface area contributed by atoms with Gasteiger partial charge in [0.15, 0.2) is 0 Å². The second-order valence-corrected chi connectivity index (χ2v) is 5.23. The smallest absolute Gasteiger partial charge is 0.251 e. The molecule has 0 spiro atoms. The van der Waals surface area contributed by atoms with Crippen molar-refractivity contribution in [1.29, 1.82) is 0 Å². The Hall–Kier alpha value is -2.81. The number of hydrogen-bond donors (Lipinski definition) is 1. The van der Waals surface area contributed by atoms with Crippen molar-refractivity contribution >= 4 is 12.0 Å². The van der Waals surface area contributed by atoms with E-state index in [0.29, 0.717) is 12.1 Å². The molecule has 2 aromatic rings. The van der Waals surface area contributed by atoms with Crippen LogP contribution in [0, 0.1) is 6.92 Å². The summed E-state index contributed by atoms with van der Waals surface area (Å²) in [5, 5.41) is 2.93. The van der Waals surface area contributed by atoms with Gasteiger partial charge in [0.2, 0.25) is 0 Å². The Bertz CT molecular complexity index is 745. The molecule has 1 heterocycles. The Balaban J connectivity index is 1.77. The van der Waals surface area contributed by atoms with Crippen LogP contribution in [-0.2, 0) is 11.3 Å². The second kappa shape index (κ2) is 6.31. The fraction of sp³-hybridized carbons (Fsp3) is 0.105. The highest BCUT2D eigenvalue weighted by Gasteiger charge is 2.11. The first-order chi connectivity index (χ1) is 10.7. The molecule has 1 amide bonds. The van der Waals surface area contributed by atoms with E-state index in [9.17, 15) is 4.79 Å². The highest BCUT2D eigenvalue weighted by atomic mass is 16.5. The van der Waals surface area contributed by atoms with Crippen molar-refractivity contribution in [1.82, 2.24) is 5.32 Å². The SMILES string of the molecule is Cc1ccc2c(c1)C=C(C(=O)NCc1ccccc1)C=CO2. The van der Waals surface area contributed by atoms with Crippen LogP contribution >= 0.6 is 0 Å². The maximum atomic E-state index is 12.3. The van der Waals surface area contributed by atoms with E-state index in [1.54, 1.807) is 12.3 Å². The lowest BCUT2D eigenvalue weighted by atomic mass is 10.1. The van der Waals surface area contributed by atoms with Crippen LogP contribution in [0.2, 0.25) is 0 Å². The third-order valence-electron chi connectivity index (χ3n) is 3.48. The fourth-order valence-electron chi connectivity index (χ4n) is 2.31. The normalized spacial score (nSPS) is 12.7. The van der Waals surface area contributed by atoms with E-state index < -0.39 is 0 Å². The lowest BCUT2D eigenvalue weighted by Gasteiger charge is -2.06. The number of amides is 1. The first kappa shape index (κ1) is 14.1. The quantitative estimate of drug-likeness (QED) is 0.938. The van der Waals surface area contributed by atoms with Crippen molar-refractivity contribution < 1.29 is 9.53 Å².